The van der Waals surface area contributed by atoms with Gasteiger partial charge in [-0.25, -0.2) is 19.9 Å². The van der Waals surface area contributed by atoms with E-state index in [2.05, 4.69) is 54.5 Å². The Labute approximate surface area is 202 Å². The van der Waals surface area contributed by atoms with E-state index in [4.69, 9.17) is 4.98 Å². The largest absolute Gasteiger partial charge is 0.354 e. The van der Waals surface area contributed by atoms with Gasteiger partial charge in [0.1, 0.15) is 11.5 Å². The van der Waals surface area contributed by atoms with Gasteiger partial charge < -0.3 is 15.1 Å². The lowest BCUT2D eigenvalue weighted by molar-refractivity contribution is 0.312. The molecule has 0 radical (unpaired) electrons. The molecule has 0 saturated carbocycles. The van der Waals surface area contributed by atoms with Gasteiger partial charge >= 0.3 is 0 Å². The van der Waals surface area contributed by atoms with Crippen molar-refractivity contribution in [2.24, 2.45) is 7.05 Å². The summed E-state index contributed by atoms with van der Waals surface area (Å²) in [6.45, 7) is 4.08. The minimum atomic E-state index is 0.509. The van der Waals surface area contributed by atoms with Gasteiger partial charge in [-0.1, -0.05) is 0 Å². The molecule has 10 heteroatoms. The molecule has 5 aromatic rings. The van der Waals surface area contributed by atoms with Gasteiger partial charge in [0.05, 0.1) is 35.7 Å². The maximum atomic E-state index is 4.74. The number of fused-ring (bicyclic) bond motifs is 1. The van der Waals surface area contributed by atoms with Crippen LogP contribution in [-0.2, 0) is 7.05 Å². The topological polar surface area (TPSA) is 92.3 Å². The number of nitrogens with one attached hydrogen (secondary N) is 1. The molecule has 5 aromatic heterocycles. The Morgan fingerprint density at radius 2 is 1.69 bits per heavy atom. The van der Waals surface area contributed by atoms with Gasteiger partial charge in [-0.2, -0.15) is 5.10 Å². The molecule has 6 heterocycles. The van der Waals surface area contributed by atoms with Gasteiger partial charge in [0.2, 0.25) is 5.95 Å². The van der Waals surface area contributed by atoms with Crippen LogP contribution in [0.15, 0.2) is 67.5 Å². The highest BCUT2D eigenvalue weighted by Crippen LogP contribution is 2.25. The summed E-state index contributed by atoms with van der Waals surface area (Å²) in [6.07, 6.45) is 11.3. The average Bonchev–Trinajstić information content (AvgIpc) is 3.51. The molecule has 1 aliphatic heterocycles. The number of rotatable bonds is 5. The zero-order valence-corrected chi connectivity index (χ0v) is 19.7. The van der Waals surface area contributed by atoms with Crippen LogP contribution < -0.4 is 10.2 Å². The smallest absolute Gasteiger partial charge is 0.227 e. The van der Waals surface area contributed by atoms with Gasteiger partial charge in [-0.05, 0) is 37.4 Å². The Bertz CT molecular complexity index is 1460. The van der Waals surface area contributed by atoms with E-state index in [1.165, 1.54) is 0 Å². The predicted molar refractivity (Wildman–Crippen MR) is 136 cm³/mol. The molecular formula is C25H26N10. The third-order valence-electron chi connectivity index (χ3n) is 6.29. The van der Waals surface area contributed by atoms with E-state index in [1.807, 2.05) is 60.5 Å². The van der Waals surface area contributed by atoms with Crippen LogP contribution in [0, 0.1) is 0 Å². The molecule has 0 aromatic carbocycles. The lowest BCUT2D eigenvalue weighted by Crippen LogP contribution is -2.44. The Morgan fingerprint density at radius 3 is 2.46 bits per heavy atom. The number of hydrogen-bond donors (Lipinski definition) is 1. The third kappa shape index (κ3) is 4.31. The molecule has 0 unspecified atom stereocenters. The molecule has 0 amide bonds. The van der Waals surface area contributed by atoms with Crippen molar-refractivity contribution >= 4 is 23.1 Å². The van der Waals surface area contributed by atoms with Crippen molar-refractivity contribution in [3.63, 3.8) is 0 Å². The van der Waals surface area contributed by atoms with Gasteiger partial charge in [0, 0.05) is 62.9 Å². The monoisotopic (exact) mass is 466 g/mol. The number of piperazine rings is 1. The first-order valence-electron chi connectivity index (χ1n) is 11.6. The highest BCUT2D eigenvalue weighted by molar-refractivity contribution is 5.68. The van der Waals surface area contributed by atoms with Crippen LogP contribution in [-0.4, -0.2) is 72.2 Å². The van der Waals surface area contributed by atoms with Crippen LogP contribution >= 0.6 is 0 Å². The second-order valence-electron chi connectivity index (χ2n) is 8.78. The fraction of sp³-hybridized carbons (Fsp3) is 0.240. The molecule has 10 nitrogen and oxygen atoms in total. The number of imidazole rings is 1. The van der Waals surface area contributed by atoms with E-state index in [-0.39, 0.29) is 0 Å². The first kappa shape index (κ1) is 21.2. The van der Waals surface area contributed by atoms with Crippen LogP contribution in [0.1, 0.15) is 0 Å². The normalized spacial score (nSPS) is 14.5. The Morgan fingerprint density at radius 1 is 0.800 bits per heavy atom. The minimum absolute atomic E-state index is 0.509. The van der Waals surface area contributed by atoms with Crippen LogP contribution in [0.25, 0.3) is 28.2 Å². The molecule has 1 fully saturated rings. The number of hydrogen-bond acceptors (Lipinski definition) is 8. The van der Waals surface area contributed by atoms with Crippen molar-refractivity contribution in [2.45, 2.75) is 0 Å². The zero-order valence-electron chi connectivity index (χ0n) is 19.7. The van der Waals surface area contributed by atoms with E-state index in [0.717, 1.165) is 65.8 Å². The Kier molecular flexibility index (Phi) is 5.34. The zero-order chi connectivity index (χ0) is 23.8. The quantitative estimate of drug-likeness (QED) is 0.423. The average molecular weight is 467 g/mol. The highest BCUT2D eigenvalue weighted by atomic mass is 15.3. The molecule has 35 heavy (non-hydrogen) atoms. The molecule has 0 bridgehead atoms. The van der Waals surface area contributed by atoms with Crippen LogP contribution in [0.2, 0.25) is 0 Å². The summed E-state index contributed by atoms with van der Waals surface area (Å²) < 4.78 is 3.84. The highest BCUT2D eigenvalue weighted by Gasteiger charge is 2.15. The van der Waals surface area contributed by atoms with Crippen molar-refractivity contribution in [2.75, 3.05) is 43.4 Å². The fourth-order valence-corrected chi connectivity index (χ4v) is 4.28. The number of likely N-dealkylation sites (N-methyl/N-ethyl adjacent to an activating group) is 1. The summed E-state index contributed by atoms with van der Waals surface area (Å²) in [5, 5.41) is 7.56. The first-order valence-corrected chi connectivity index (χ1v) is 11.6. The molecule has 0 spiro atoms. The maximum absolute atomic E-state index is 4.74. The van der Waals surface area contributed by atoms with Crippen molar-refractivity contribution < 1.29 is 0 Å². The van der Waals surface area contributed by atoms with E-state index in [9.17, 15) is 0 Å². The van der Waals surface area contributed by atoms with Crippen LogP contribution in [0.4, 0.5) is 17.5 Å². The summed E-state index contributed by atoms with van der Waals surface area (Å²) in [5.74, 6) is 1.50. The molecule has 1 aliphatic rings. The summed E-state index contributed by atoms with van der Waals surface area (Å²) in [4.78, 5) is 23.0. The number of anilines is 3. The standard InChI is InChI=1S/C25H26N10/c1-32-9-11-34(12-10-32)23-6-4-20(14-27-23)30-25-26-8-7-21(31-25)22-15-28-24-5-3-18(17-35(22)24)19-13-29-33(2)16-19/h3-8,13-17H,9-12H2,1-2H3,(H,26,30,31). The minimum Gasteiger partial charge on any atom is -0.354 e. The molecular weight excluding hydrogens is 440 g/mol. The maximum Gasteiger partial charge on any atom is 0.227 e. The van der Waals surface area contributed by atoms with Crippen LogP contribution in [0.5, 0.6) is 0 Å². The van der Waals surface area contributed by atoms with Crippen molar-refractivity contribution in [1.82, 2.24) is 39.0 Å². The molecule has 0 aliphatic carbocycles. The SMILES string of the molecule is CN1CCN(c2ccc(Nc3nccc(-c4cnc5ccc(-c6cnn(C)c6)cn45)n3)cn2)CC1. The van der Waals surface area contributed by atoms with Crippen LogP contribution in [0.3, 0.4) is 0 Å². The molecule has 176 valence electrons. The number of aryl methyl sites for hydroxylation is 1. The van der Waals surface area contributed by atoms with Gasteiger partial charge in [-0.15, -0.1) is 0 Å². The number of pyridine rings is 2. The van der Waals surface area contributed by atoms with Crippen molar-refractivity contribution in [3.8, 4) is 22.5 Å². The summed E-state index contributed by atoms with van der Waals surface area (Å²) in [6, 6.07) is 10.0. The third-order valence-corrected chi connectivity index (χ3v) is 6.29. The summed E-state index contributed by atoms with van der Waals surface area (Å²) >= 11 is 0. The predicted octanol–water partition coefficient (Wildman–Crippen LogP) is 3.08. The van der Waals surface area contributed by atoms with E-state index in [1.54, 1.807) is 10.9 Å². The van der Waals surface area contributed by atoms with E-state index < -0.39 is 0 Å². The molecule has 6 rings (SSSR count). The summed E-state index contributed by atoms with van der Waals surface area (Å²) in [5.41, 5.74) is 5.47. The molecule has 0 atom stereocenters. The fourth-order valence-electron chi connectivity index (χ4n) is 4.28. The first-order chi connectivity index (χ1) is 17.1. The van der Waals surface area contributed by atoms with Gasteiger partial charge in [-0.3, -0.25) is 9.08 Å². The lowest BCUT2D eigenvalue weighted by Gasteiger charge is -2.33. The molecule has 1 saturated heterocycles. The molecule has 1 N–H and O–H groups in total. The van der Waals surface area contributed by atoms with Crippen molar-refractivity contribution in [1.29, 1.82) is 0 Å². The number of aromatic nitrogens is 7. The van der Waals surface area contributed by atoms with E-state index >= 15 is 0 Å². The van der Waals surface area contributed by atoms with Crippen molar-refractivity contribution in [3.05, 3.63) is 67.5 Å². The Balaban J connectivity index is 1.24. The van der Waals surface area contributed by atoms with E-state index in [0.29, 0.717) is 5.95 Å². The van der Waals surface area contributed by atoms with Gasteiger partial charge in [0.25, 0.3) is 0 Å². The Hall–Kier alpha value is -4.31. The number of nitrogens with zero attached hydrogens (tertiary/aromatic N) is 9. The second kappa shape index (κ2) is 8.80. The van der Waals surface area contributed by atoms with Gasteiger partial charge in [0.15, 0.2) is 0 Å². The lowest BCUT2D eigenvalue weighted by atomic mass is 10.1. The second-order valence-corrected chi connectivity index (χ2v) is 8.78. The summed E-state index contributed by atoms with van der Waals surface area (Å²) in [7, 11) is 4.06.